The lowest BCUT2D eigenvalue weighted by Crippen LogP contribution is -2.03. The van der Waals surface area contributed by atoms with Crippen molar-refractivity contribution in [2.24, 2.45) is 0 Å². The first-order valence-electron chi connectivity index (χ1n) is 16.5. The zero-order valence-electron chi connectivity index (χ0n) is 25.1. The third-order valence-corrected chi connectivity index (χ3v) is 8.82. The predicted molar refractivity (Wildman–Crippen MR) is 167 cm³/mol. The number of hydrogen-bond acceptors (Lipinski definition) is 2. The monoisotopic (exact) mass is 550 g/mol. The van der Waals surface area contributed by atoms with E-state index in [1.807, 2.05) is 0 Å². The van der Waals surface area contributed by atoms with E-state index in [1.54, 1.807) is 11.1 Å². The number of hydrogen-bond donors (Lipinski definition) is 1. The van der Waals surface area contributed by atoms with Gasteiger partial charge in [-0.15, -0.1) is 0 Å². The Morgan fingerprint density at radius 3 is 1.08 bits per heavy atom. The van der Waals surface area contributed by atoms with Crippen molar-refractivity contribution >= 4 is 10.1 Å². The lowest BCUT2D eigenvalue weighted by atomic mass is 9.96. The molecular formula is C34H62O3S. The van der Waals surface area contributed by atoms with Crippen molar-refractivity contribution < 1.29 is 13.0 Å². The summed E-state index contributed by atoms with van der Waals surface area (Å²) in [6.07, 6.45) is 33.9. The number of rotatable bonds is 28. The molecule has 0 fully saturated rings. The van der Waals surface area contributed by atoms with E-state index >= 15 is 0 Å². The first-order chi connectivity index (χ1) is 18.5. The van der Waals surface area contributed by atoms with Gasteiger partial charge in [-0.2, -0.15) is 8.42 Å². The van der Waals surface area contributed by atoms with Gasteiger partial charge < -0.3 is 0 Å². The molecule has 3 nitrogen and oxygen atoms in total. The van der Waals surface area contributed by atoms with Crippen LogP contribution in [-0.2, 0) is 23.0 Å². The quantitative estimate of drug-likeness (QED) is 0.0833. The highest BCUT2D eigenvalue weighted by Crippen LogP contribution is 2.18. The van der Waals surface area contributed by atoms with Gasteiger partial charge in [-0.25, -0.2) is 0 Å². The van der Waals surface area contributed by atoms with Gasteiger partial charge in [0.1, 0.15) is 0 Å². The van der Waals surface area contributed by atoms with E-state index in [-0.39, 0.29) is 5.75 Å². The van der Waals surface area contributed by atoms with Gasteiger partial charge in [-0.05, 0) is 43.2 Å². The van der Waals surface area contributed by atoms with E-state index in [0.717, 1.165) is 12.8 Å². The van der Waals surface area contributed by atoms with Gasteiger partial charge in [0.15, 0.2) is 0 Å². The first kappa shape index (κ1) is 35.2. The van der Waals surface area contributed by atoms with Crippen LogP contribution >= 0.6 is 0 Å². The van der Waals surface area contributed by atoms with Crippen molar-refractivity contribution in [1.29, 1.82) is 0 Å². The summed E-state index contributed by atoms with van der Waals surface area (Å²) in [5, 5.41) is 0. The second-order valence-electron chi connectivity index (χ2n) is 11.7. The van der Waals surface area contributed by atoms with Crippen LogP contribution in [0.3, 0.4) is 0 Å². The summed E-state index contributed by atoms with van der Waals surface area (Å²) in [6, 6.07) is 9.16. The largest absolute Gasteiger partial charge is 0.286 e. The average molecular weight is 551 g/mol. The summed E-state index contributed by atoms with van der Waals surface area (Å²) in [7, 11) is -3.77. The fourth-order valence-electron chi connectivity index (χ4n) is 5.57. The molecular weight excluding hydrogens is 488 g/mol. The molecule has 0 aliphatic rings. The average Bonchev–Trinajstić information content (AvgIpc) is 2.89. The second kappa shape index (κ2) is 25.1. The molecule has 0 saturated heterocycles. The minimum atomic E-state index is -3.77. The van der Waals surface area contributed by atoms with Crippen LogP contribution in [-0.4, -0.2) is 18.7 Å². The first-order valence-corrected chi connectivity index (χ1v) is 18.2. The summed E-state index contributed by atoms with van der Waals surface area (Å²) in [5.74, 6) is -0.0853. The third-order valence-electron chi connectivity index (χ3n) is 8.02. The topological polar surface area (TPSA) is 54.4 Å². The van der Waals surface area contributed by atoms with Crippen molar-refractivity contribution in [3.8, 4) is 0 Å². The van der Waals surface area contributed by atoms with Crippen molar-refractivity contribution in [1.82, 2.24) is 0 Å². The van der Waals surface area contributed by atoms with E-state index in [9.17, 15) is 8.42 Å². The van der Waals surface area contributed by atoms with Crippen LogP contribution < -0.4 is 0 Å². The highest BCUT2D eigenvalue weighted by molar-refractivity contribution is 7.85. The molecule has 0 unspecified atom stereocenters. The summed E-state index contributed by atoms with van der Waals surface area (Å²) in [4.78, 5) is 0. The summed E-state index contributed by atoms with van der Waals surface area (Å²) in [6.45, 7) is 2.29. The van der Waals surface area contributed by atoms with Crippen LogP contribution in [0.1, 0.15) is 172 Å². The standard InChI is InChI=1S/C34H62O3S/c1-2-3-4-5-6-7-8-11-14-17-20-23-28-33-30-25-26-31-34(33)29-24-21-18-15-12-9-10-13-16-19-22-27-32-38(35,36)37/h25-26,30-31H,2-24,27-29,32H2,1H3,(H,35,36,37). The van der Waals surface area contributed by atoms with Crippen molar-refractivity contribution in [2.45, 2.75) is 174 Å². The molecule has 0 radical (unpaired) electrons. The fourth-order valence-corrected chi connectivity index (χ4v) is 6.14. The molecule has 0 spiro atoms. The van der Waals surface area contributed by atoms with E-state index in [2.05, 4.69) is 31.2 Å². The Labute approximate surface area is 237 Å². The Kier molecular flexibility index (Phi) is 23.2. The summed E-state index contributed by atoms with van der Waals surface area (Å²) < 4.78 is 30.1. The lowest BCUT2D eigenvalue weighted by molar-refractivity contribution is 0.478. The third kappa shape index (κ3) is 23.1. The zero-order valence-corrected chi connectivity index (χ0v) is 25.9. The molecule has 38 heavy (non-hydrogen) atoms. The van der Waals surface area contributed by atoms with Gasteiger partial charge in [0, 0.05) is 0 Å². The van der Waals surface area contributed by atoms with E-state index in [1.165, 1.54) is 148 Å². The molecule has 0 amide bonds. The number of unbranched alkanes of at least 4 members (excludes halogenated alkanes) is 22. The van der Waals surface area contributed by atoms with Gasteiger partial charge >= 0.3 is 0 Å². The molecule has 4 heteroatoms. The molecule has 0 heterocycles. The minimum Gasteiger partial charge on any atom is -0.286 e. The normalized spacial score (nSPS) is 11.8. The van der Waals surface area contributed by atoms with Gasteiger partial charge in [-0.1, -0.05) is 166 Å². The molecule has 222 valence electrons. The van der Waals surface area contributed by atoms with E-state index in [4.69, 9.17) is 4.55 Å². The molecule has 0 aliphatic carbocycles. The fraction of sp³-hybridized carbons (Fsp3) is 0.824. The highest BCUT2D eigenvalue weighted by Gasteiger charge is 2.04. The Morgan fingerprint density at radius 2 is 0.763 bits per heavy atom. The molecule has 0 saturated carbocycles. The Bertz CT molecular complexity index is 744. The van der Waals surface area contributed by atoms with Crippen molar-refractivity contribution in [3.63, 3.8) is 0 Å². The van der Waals surface area contributed by atoms with Gasteiger partial charge in [-0.3, -0.25) is 4.55 Å². The molecule has 0 bridgehead atoms. The van der Waals surface area contributed by atoms with E-state index in [0.29, 0.717) is 6.42 Å². The van der Waals surface area contributed by atoms with Crippen molar-refractivity contribution in [2.75, 3.05) is 5.75 Å². The van der Waals surface area contributed by atoms with E-state index < -0.39 is 10.1 Å². The minimum absolute atomic E-state index is 0.0853. The molecule has 1 N–H and O–H groups in total. The van der Waals surface area contributed by atoms with Crippen LogP contribution in [0.25, 0.3) is 0 Å². The lowest BCUT2D eigenvalue weighted by Gasteiger charge is -2.10. The van der Waals surface area contributed by atoms with Gasteiger partial charge in [0.2, 0.25) is 0 Å². The van der Waals surface area contributed by atoms with Crippen LogP contribution in [0.5, 0.6) is 0 Å². The summed E-state index contributed by atoms with van der Waals surface area (Å²) in [5.41, 5.74) is 3.18. The van der Waals surface area contributed by atoms with Gasteiger partial charge in [0.25, 0.3) is 10.1 Å². The second-order valence-corrected chi connectivity index (χ2v) is 13.3. The molecule has 1 aromatic rings. The number of aryl methyl sites for hydroxylation is 2. The molecule has 0 aromatic heterocycles. The predicted octanol–water partition coefficient (Wildman–Crippen LogP) is 11.0. The highest BCUT2D eigenvalue weighted by atomic mass is 32.2. The maximum absolute atomic E-state index is 10.7. The number of benzene rings is 1. The maximum Gasteiger partial charge on any atom is 0.264 e. The Hall–Kier alpha value is -0.870. The molecule has 0 atom stereocenters. The Balaban J connectivity index is 1.94. The van der Waals surface area contributed by atoms with Crippen LogP contribution in [0, 0.1) is 0 Å². The smallest absolute Gasteiger partial charge is 0.264 e. The van der Waals surface area contributed by atoms with Crippen LogP contribution in [0.15, 0.2) is 24.3 Å². The van der Waals surface area contributed by atoms with Crippen molar-refractivity contribution in [3.05, 3.63) is 35.4 Å². The van der Waals surface area contributed by atoms with Crippen LogP contribution in [0.4, 0.5) is 0 Å². The molecule has 1 rings (SSSR count). The Morgan fingerprint density at radius 1 is 0.474 bits per heavy atom. The SMILES string of the molecule is CCCCCCCCCCCCCCc1ccccc1CCCCCCCCCCCCCCS(=O)(=O)O. The van der Waals surface area contributed by atoms with Crippen LogP contribution in [0.2, 0.25) is 0 Å². The molecule has 0 aliphatic heterocycles. The zero-order chi connectivity index (χ0) is 27.6. The van der Waals surface area contributed by atoms with Gasteiger partial charge in [0.05, 0.1) is 5.75 Å². The summed E-state index contributed by atoms with van der Waals surface area (Å²) >= 11 is 0. The maximum atomic E-state index is 10.7. The molecule has 1 aromatic carbocycles.